The first-order valence-corrected chi connectivity index (χ1v) is 13.1. The molecule has 6 heteroatoms. The maximum atomic E-state index is 15.3. The number of amides is 2. The maximum Gasteiger partial charge on any atom is 0.271 e. The van der Waals surface area contributed by atoms with Crippen LogP contribution in [0.5, 0.6) is 0 Å². The molecule has 1 saturated carbocycles. The van der Waals surface area contributed by atoms with E-state index in [-0.39, 0.29) is 25.0 Å². The van der Waals surface area contributed by atoms with Gasteiger partial charge in [0, 0.05) is 18.3 Å². The number of nitrogens with one attached hydrogen (secondary N) is 1. The van der Waals surface area contributed by atoms with Crippen molar-refractivity contribution in [2.75, 3.05) is 6.67 Å². The molecule has 36 heavy (non-hydrogen) atoms. The molecule has 3 aromatic rings. The highest BCUT2D eigenvalue weighted by atomic mass is 19.1. The minimum absolute atomic E-state index is 0.00885. The van der Waals surface area contributed by atoms with Gasteiger partial charge in [-0.15, -0.1) is 0 Å². The van der Waals surface area contributed by atoms with Crippen LogP contribution in [0, 0.1) is 0 Å². The Kier molecular flexibility index (Phi) is 7.21. The number of nitrogens with zero attached hydrogens (tertiary/aromatic N) is 2. The lowest BCUT2D eigenvalue weighted by atomic mass is 9.90. The number of carbonyl (C=O) groups is 2. The summed E-state index contributed by atoms with van der Waals surface area (Å²) < 4.78 is 17.1. The Morgan fingerprint density at radius 3 is 2.14 bits per heavy atom. The normalized spacial score (nSPS) is 20.9. The van der Waals surface area contributed by atoms with Crippen LogP contribution < -0.4 is 5.32 Å². The molecule has 188 valence electrons. The predicted octanol–water partition coefficient (Wildman–Crippen LogP) is 5.75. The second kappa shape index (κ2) is 10.7. The molecule has 1 aromatic heterocycles. The Hall–Kier alpha value is -3.41. The molecule has 1 N–H and O–H groups in total. The third-order valence-corrected chi connectivity index (χ3v) is 7.72. The summed E-state index contributed by atoms with van der Waals surface area (Å²) in [4.78, 5) is 29.3. The second-order valence-electron chi connectivity index (χ2n) is 10.1. The van der Waals surface area contributed by atoms with E-state index < -0.39 is 18.1 Å². The zero-order chi connectivity index (χ0) is 25.0. The van der Waals surface area contributed by atoms with Crippen molar-refractivity contribution in [3.63, 3.8) is 0 Å². The fourth-order valence-corrected chi connectivity index (χ4v) is 5.64. The summed E-state index contributed by atoms with van der Waals surface area (Å²) in [6, 6.07) is 22.9. The molecular weight excluding hydrogens is 453 g/mol. The summed E-state index contributed by atoms with van der Waals surface area (Å²) in [5.74, 6) is -0.712. The predicted molar refractivity (Wildman–Crippen MR) is 139 cm³/mol. The molecule has 1 atom stereocenters. The van der Waals surface area contributed by atoms with Crippen LogP contribution in [-0.4, -0.2) is 39.5 Å². The van der Waals surface area contributed by atoms with Crippen molar-refractivity contribution < 1.29 is 14.0 Å². The molecule has 0 spiro atoms. The Morgan fingerprint density at radius 2 is 1.47 bits per heavy atom. The number of hydrogen-bond donors (Lipinski definition) is 1. The highest BCUT2D eigenvalue weighted by molar-refractivity contribution is 6.01. The standard InChI is InChI=1S/C30H34FN3O2/c31-21-30(29(36)32-25-16-10-2-1-3-11-17-25)22-33-26(24-14-8-5-9-15-24)18-19-27(33)28(35)34(30)20-23-12-6-4-7-13-23/h4-9,12-15,18-19,25H,1-3,10-11,16-17,20-22H2,(H,32,36). The third-order valence-electron chi connectivity index (χ3n) is 7.72. The van der Waals surface area contributed by atoms with Gasteiger partial charge in [-0.2, -0.15) is 0 Å². The molecular formula is C30H34FN3O2. The van der Waals surface area contributed by atoms with Crippen molar-refractivity contribution in [3.05, 3.63) is 84.1 Å². The van der Waals surface area contributed by atoms with E-state index in [1.54, 1.807) is 6.07 Å². The molecule has 1 unspecified atom stereocenters. The summed E-state index contributed by atoms with van der Waals surface area (Å²) in [7, 11) is 0. The first-order valence-electron chi connectivity index (χ1n) is 13.1. The number of carbonyl (C=O) groups excluding carboxylic acids is 2. The summed E-state index contributed by atoms with van der Waals surface area (Å²) in [6.07, 6.45) is 7.45. The van der Waals surface area contributed by atoms with Crippen LogP contribution in [0.4, 0.5) is 4.39 Å². The second-order valence-corrected chi connectivity index (χ2v) is 10.1. The number of halogens is 1. The van der Waals surface area contributed by atoms with E-state index in [1.807, 2.05) is 71.3 Å². The first-order chi connectivity index (χ1) is 17.6. The number of aromatic nitrogens is 1. The lowest BCUT2D eigenvalue weighted by Crippen LogP contribution is -2.67. The zero-order valence-electron chi connectivity index (χ0n) is 20.7. The van der Waals surface area contributed by atoms with Crippen molar-refractivity contribution in [1.29, 1.82) is 0 Å². The van der Waals surface area contributed by atoms with E-state index in [4.69, 9.17) is 0 Å². The summed E-state index contributed by atoms with van der Waals surface area (Å²) in [5, 5.41) is 3.18. The van der Waals surface area contributed by atoms with Crippen LogP contribution in [0.25, 0.3) is 11.3 Å². The van der Waals surface area contributed by atoms with Gasteiger partial charge in [0.1, 0.15) is 12.4 Å². The molecule has 0 radical (unpaired) electrons. The van der Waals surface area contributed by atoms with Gasteiger partial charge in [0.15, 0.2) is 5.54 Å². The van der Waals surface area contributed by atoms with Gasteiger partial charge >= 0.3 is 0 Å². The van der Waals surface area contributed by atoms with Crippen LogP contribution >= 0.6 is 0 Å². The maximum absolute atomic E-state index is 15.3. The van der Waals surface area contributed by atoms with Gasteiger partial charge in [-0.25, -0.2) is 4.39 Å². The van der Waals surface area contributed by atoms with E-state index >= 15 is 4.39 Å². The largest absolute Gasteiger partial charge is 0.351 e. The van der Waals surface area contributed by atoms with Gasteiger partial charge < -0.3 is 14.8 Å². The number of fused-ring (bicyclic) bond motifs is 1. The van der Waals surface area contributed by atoms with Crippen molar-refractivity contribution in [1.82, 2.24) is 14.8 Å². The average Bonchev–Trinajstić information content (AvgIpc) is 3.32. The fourth-order valence-electron chi connectivity index (χ4n) is 5.64. The lowest BCUT2D eigenvalue weighted by Gasteiger charge is -2.45. The van der Waals surface area contributed by atoms with Crippen LogP contribution in [0.3, 0.4) is 0 Å². The Morgan fingerprint density at radius 1 is 0.861 bits per heavy atom. The molecule has 1 aliphatic heterocycles. The number of alkyl halides is 1. The number of benzene rings is 2. The third kappa shape index (κ3) is 4.69. The smallest absolute Gasteiger partial charge is 0.271 e. The van der Waals surface area contributed by atoms with Gasteiger partial charge in [-0.1, -0.05) is 92.8 Å². The van der Waals surface area contributed by atoms with Crippen LogP contribution in [0.1, 0.15) is 61.0 Å². The molecule has 2 amide bonds. The van der Waals surface area contributed by atoms with Gasteiger partial charge in [-0.05, 0) is 36.1 Å². The van der Waals surface area contributed by atoms with Crippen LogP contribution in [0.15, 0.2) is 72.8 Å². The van der Waals surface area contributed by atoms with E-state index in [0.717, 1.165) is 55.3 Å². The van der Waals surface area contributed by atoms with Crippen molar-refractivity contribution in [3.8, 4) is 11.3 Å². The molecule has 0 saturated heterocycles. The topological polar surface area (TPSA) is 54.3 Å². The van der Waals surface area contributed by atoms with E-state index in [2.05, 4.69) is 5.32 Å². The zero-order valence-corrected chi connectivity index (χ0v) is 20.7. The molecule has 1 fully saturated rings. The van der Waals surface area contributed by atoms with Crippen LogP contribution in [-0.2, 0) is 17.9 Å². The molecule has 5 nitrogen and oxygen atoms in total. The Labute approximate surface area is 212 Å². The minimum atomic E-state index is -1.62. The van der Waals surface area contributed by atoms with Crippen molar-refractivity contribution in [2.45, 2.75) is 69.6 Å². The highest BCUT2D eigenvalue weighted by Gasteiger charge is 2.52. The van der Waals surface area contributed by atoms with Gasteiger partial charge in [0.25, 0.3) is 11.8 Å². The first kappa shape index (κ1) is 24.3. The van der Waals surface area contributed by atoms with Gasteiger partial charge in [0.05, 0.1) is 6.54 Å². The van der Waals surface area contributed by atoms with E-state index in [1.165, 1.54) is 11.3 Å². The van der Waals surface area contributed by atoms with Crippen LogP contribution in [0.2, 0.25) is 0 Å². The Bertz CT molecular complexity index is 1190. The SMILES string of the molecule is O=C1c2ccc(-c3ccccc3)n2CC(CF)(C(=O)NC2CCCCCCC2)N1Cc1ccccc1. The molecule has 0 bridgehead atoms. The van der Waals surface area contributed by atoms with Crippen molar-refractivity contribution in [2.24, 2.45) is 0 Å². The average molecular weight is 488 g/mol. The summed E-state index contributed by atoms with van der Waals surface area (Å²) in [6.45, 7) is -0.698. The lowest BCUT2D eigenvalue weighted by molar-refractivity contribution is -0.136. The summed E-state index contributed by atoms with van der Waals surface area (Å²) in [5.41, 5.74) is 1.47. The van der Waals surface area contributed by atoms with E-state index in [9.17, 15) is 9.59 Å². The van der Waals surface area contributed by atoms with Gasteiger partial charge in [-0.3, -0.25) is 9.59 Å². The van der Waals surface area contributed by atoms with Gasteiger partial charge in [0.2, 0.25) is 0 Å². The Balaban J connectivity index is 1.54. The molecule has 2 aromatic carbocycles. The van der Waals surface area contributed by atoms with E-state index in [0.29, 0.717) is 5.69 Å². The number of hydrogen-bond acceptors (Lipinski definition) is 2. The minimum Gasteiger partial charge on any atom is -0.351 e. The molecule has 1 aliphatic carbocycles. The monoisotopic (exact) mass is 487 g/mol. The molecule has 2 heterocycles. The summed E-state index contributed by atoms with van der Waals surface area (Å²) >= 11 is 0. The quantitative estimate of drug-likeness (QED) is 0.481. The molecule has 5 rings (SSSR count). The van der Waals surface area contributed by atoms with Crippen molar-refractivity contribution >= 4 is 11.8 Å². The highest BCUT2D eigenvalue weighted by Crippen LogP contribution is 2.35. The number of rotatable bonds is 6. The molecule has 2 aliphatic rings. The fraction of sp³-hybridized carbons (Fsp3) is 0.400.